The van der Waals surface area contributed by atoms with Gasteiger partial charge in [-0.05, 0) is 13.0 Å². The highest BCUT2D eigenvalue weighted by Gasteiger charge is 2.15. The Labute approximate surface area is 87.9 Å². The second-order valence-corrected chi connectivity index (χ2v) is 4.75. The minimum absolute atomic E-state index is 0.0239. The largest absolute Gasteiger partial charge is 0.328 e. The molecule has 0 spiro atoms. The van der Waals surface area contributed by atoms with Crippen molar-refractivity contribution in [1.82, 2.24) is 9.71 Å². The van der Waals surface area contributed by atoms with Crippen LogP contribution in [-0.4, -0.2) is 19.4 Å². The van der Waals surface area contributed by atoms with Gasteiger partial charge in [-0.1, -0.05) is 6.08 Å². The minimum atomic E-state index is -3.58. The van der Waals surface area contributed by atoms with Crippen LogP contribution < -0.4 is 10.3 Å². The van der Waals surface area contributed by atoms with E-state index in [9.17, 15) is 13.2 Å². The molecule has 0 amide bonds. The number of pyridine rings is 1. The second-order valence-electron chi connectivity index (χ2n) is 3.03. The molecule has 1 aromatic rings. The number of sulfonamides is 1. The Morgan fingerprint density at radius 1 is 1.53 bits per heavy atom. The van der Waals surface area contributed by atoms with Crippen LogP contribution in [-0.2, 0) is 10.0 Å². The third kappa shape index (κ3) is 3.03. The quantitative estimate of drug-likeness (QED) is 0.724. The van der Waals surface area contributed by atoms with Gasteiger partial charge in [-0.25, -0.2) is 13.1 Å². The van der Waals surface area contributed by atoms with Crippen LogP contribution in [0.25, 0.3) is 0 Å². The lowest BCUT2D eigenvalue weighted by Crippen LogP contribution is -2.31. The Morgan fingerprint density at radius 3 is 2.67 bits per heavy atom. The molecular formula is C9H12N2O3S. The van der Waals surface area contributed by atoms with E-state index in [1.807, 2.05) is 0 Å². The van der Waals surface area contributed by atoms with Crippen LogP contribution in [0.3, 0.4) is 0 Å². The molecule has 0 saturated heterocycles. The number of rotatable bonds is 4. The smallest absolute Gasteiger partial charge is 0.247 e. The van der Waals surface area contributed by atoms with Crippen LogP contribution in [0.4, 0.5) is 0 Å². The van der Waals surface area contributed by atoms with Gasteiger partial charge < -0.3 is 4.98 Å². The first-order chi connectivity index (χ1) is 6.95. The molecule has 5 nitrogen and oxygen atoms in total. The Bertz CT molecular complexity index is 484. The Morgan fingerprint density at radius 2 is 2.20 bits per heavy atom. The zero-order valence-electron chi connectivity index (χ0n) is 8.23. The molecule has 1 heterocycles. The van der Waals surface area contributed by atoms with Crippen molar-refractivity contribution >= 4 is 10.0 Å². The highest BCUT2D eigenvalue weighted by atomic mass is 32.2. The molecule has 0 aromatic carbocycles. The Hall–Kier alpha value is -1.40. The Kier molecular flexibility index (Phi) is 3.43. The number of hydrogen-bond acceptors (Lipinski definition) is 3. The fourth-order valence-electron chi connectivity index (χ4n) is 0.924. The van der Waals surface area contributed by atoms with E-state index in [0.29, 0.717) is 0 Å². The normalized spacial score (nSPS) is 13.4. The third-order valence-corrected chi connectivity index (χ3v) is 3.32. The standard InChI is InChI=1S/C9H12N2O3S/c1-3-7(2)11-15(13,14)8-4-5-9(12)10-6-8/h3-7,11H,1H2,2H3,(H,10,12). The van der Waals surface area contributed by atoms with Gasteiger partial charge in [0.15, 0.2) is 0 Å². The van der Waals surface area contributed by atoms with Gasteiger partial charge >= 0.3 is 0 Å². The molecular weight excluding hydrogens is 216 g/mol. The van der Waals surface area contributed by atoms with Gasteiger partial charge in [0.25, 0.3) is 0 Å². The van der Waals surface area contributed by atoms with E-state index in [2.05, 4.69) is 16.3 Å². The summed E-state index contributed by atoms with van der Waals surface area (Å²) >= 11 is 0. The predicted molar refractivity (Wildman–Crippen MR) is 57.0 cm³/mol. The molecule has 82 valence electrons. The van der Waals surface area contributed by atoms with Crippen LogP contribution in [0.5, 0.6) is 0 Å². The molecule has 1 atom stereocenters. The summed E-state index contributed by atoms with van der Waals surface area (Å²) < 4.78 is 25.6. The van der Waals surface area contributed by atoms with E-state index >= 15 is 0 Å². The molecule has 0 aliphatic carbocycles. The van der Waals surface area contributed by atoms with Crippen molar-refractivity contribution in [2.24, 2.45) is 0 Å². The number of aromatic nitrogens is 1. The molecule has 0 fully saturated rings. The van der Waals surface area contributed by atoms with Gasteiger partial charge in [-0.3, -0.25) is 4.79 Å². The van der Waals surface area contributed by atoms with Gasteiger partial charge in [0, 0.05) is 18.3 Å². The lowest BCUT2D eigenvalue weighted by Gasteiger charge is -2.09. The topological polar surface area (TPSA) is 79.0 Å². The maximum Gasteiger partial charge on any atom is 0.247 e. The molecule has 0 radical (unpaired) electrons. The number of aromatic amines is 1. The molecule has 1 unspecified atom stereocenters. The third-order valence-electron chi connectivity index (χ3n) is 1.76. The van der Waals surface area contributed by atoms with Gasteiger partial charge in [-0.15, -0.1) is 6.58 Å². The predicted octanol–water partition coefficient (Wildman–Crippen LogP) is 0.228. The zero-order valence-corrected chi connectivity index (χ0v) is 9.04. The van der Waals surface area contributed by atoms with Crippen molar-refractivity contribution in [3.05, 3.63) is 41.3 Å². The monoisotopic (exact) mass is 228 g/mol. The summed E-state index contributed by atoms with van der Waals surface area (Å²) in [5.41, 5.74) is -0.342. The molecule has 0 aliphatic rings. The lowest BCUT2D eigenvalue weighted by atomic mass is 10.4. The molecule has 0 saturated carbocycles. The van der Waals surface area contributed by atoms with Crippen LogP contribution in [0.2, 0.25) is 0 Å². The molecule has 2 N–H and O–H groups in total. The van der Waals surface area contributed by atoms with E-state index < -0.39 is 10.0 Å². The highest BCUT2D eigenvalue weighted by molar-refractivity contribution is 7.89. The molecule has 6 heteroatoms. The number of nitrogens with one attached hydrogen (secondary N) is 2. The van der Waals surface area contributed by atoms with Crippen LogP contribution in [0.15, 0.2) is 40.7 Å². The number of H-pyrrole nitrogens is 1. The van der Waals surface area contributed by atoms with Crippen molar-refractivity contribution in [1.29, 1.82) is 0 Å². The second kappa shape index (κ2) is 4.41. The average molecular weight is 228 g/mol. The van der Waals surface area contributed by atoms with E-state index in [4.69, 9.17) is 0 Å². The first-order valence-corrected chi connectivity index (χ1v) is 5.77. The summed E-state index contributed by atoms with van der Waals surface area (Å²) in [7, 11) is -3.58. The van der Waals surface area contributed by atoms with E-state index in [1.165, 1.54) is 12.1 Å². The van der Waals surface area contributed by atoms with Crippen molar-refractivity contribution in [3.8, 4) is 0 Å². The van der Waals surface area contributed by atoms with E-state index in [0.717, 1.165) is 12.3 Å². The number of hydrogen-bond donors (Lipinski definition) is 2. The summed E-state index contributed by atoms with van der Waals surface area (Å²) in [5.74, 6) is 0. The average Bonchev–Trinajstić information content (AvgIpc) is 2.17. The summed E-state index contributed by atoms with van der Waals surface area (Å²) in [5, 5.41) is 0. The fraction of sp³-hybridized carbons (Fsp3) is 0.222. The van der Waals surface area contributed by atoms with Crippen molar-refractivity contribution < 1.29 is 8.42 Å². The summed E-state index contributed by atoms with van der Waals surface area (Å²) in [6.45, 7) is 5.13. The van der Waals surface area contributed by atoms with Crippen molar-refractivity contribution in [3.63, 3.8) is 0 Å². The van der Waals surface area contributed by atoms with Gasteiger partial charge in [0.05, 0.1) is 4.90 Å². The molecule has 0 aliphatic heterocycles. The van der Waals surface area contributed by atoms with Gasteiger partial charge in [0.1, 0.15) is 0 Å². The summed E-state index contributed by atoms with van der Waals surface area (Å²) in [6.07, 6.45) is 2.63. The maximum atomic E-state index is 11.6. The molecule has 15 heavy (non-hydrogen) atoms. The maximum absolute atomic E-state index is 11.6. The SMILES string of the molecule is C=CC(C)NS(=O)(=O)c1ccc(=O)[nH]c1. The van der Waals surface area contributed by atoms with Crippen molar-refractivity contribution in [2.45, 2.75) is 17.9 Å². The first kappa shape index (κ1) is 11.7. The fourth-order valence-corrected chi connectivity index (χ4v) is 2.11. The van der Waals surface area contributed by atoms with Crippen LogP contribution >= 0.6 is 0 Å². The summed E-state index contributed by atoms with van der Waals surface area (Å²) in [6, 6.07) is 2.05. The zero-order chi connectivity index (χ0) is 11.5. The molecule has 0 bridgehead atoms. The molecule has 1 aromatic heterocycles. The van der Waals surface area contributed by atoms with E-state index in [-0.39, 0.29) is 16.5 Å². The summed E-state index contributed by atoms with van der Waals surface area (Å²) in [4.78, 5) is 13.1. The van der Waals surface area contributed by atoms with Crippen molar-refractivity contribution in [2.75, 3.05) is 0 Å². The minimum Gasteiger partial charge on any atom is -0.328 e. The Balaban J connectivity index is 3.01. The van der Waals surface area contributed by atoms with Crippen LogP contribution in [0.1, 0.15) is 6.92 Å². The first-order valence-electron chi connectivity index (χ1n) is 4.29. The molecule has 1 rings (SSSR count). The highest BCUT2D eigenvalue weighted by Crippen LogP contribution is 2.04. The lowest BCUT2D eigenvalue weighted by molar-refractivity contribution is 0.575. The van der Waals surface area contributed by atoms with E-state index in [1.54, 1.807) is 6.92 Å². The van der Waals surface area contributed by atoms with Gasteiger partial charge in [-0.2, -0.15) is 0 Å². The van der Waals surface area contributed by atoms with Gasteiger partial charge in [0.2, 0.25) is 15.6 Å². The van der Waals surface area contributed by atoms with Crippen LogP contribution in [0, 0.1) is 0 Å².